The summed E-state index contributed by atoms with van der Waals surface area (Å²) in [6.07, 6.45) is 0. The lowest BCUT2D eigenvalue weighted by Gasteiger charge is -2.15. The second-order valence-electron chi connectivity index (χ2n) is 5.71. The minimum absolute atomic E-state index is 0.0535. The van der Waals surface area contributed by atoms with Gasteiger partial charge < -0.3 is 9.39 Å². The molecule has 0 bridgehead atoms. The zero-order chi connectivity index (χ0) is 16.7. The Bertz CT molecular complexity index is 829. The molecule has 1 atom stereocenters. The number of ether oxygens (including phenoxy) is 1. The van der Waals surface area contributed by atoms with Crippen molar-refractivity contribution in [2.24, 2.45) is 0 Å². The van der Waals surface area contributed by atoms with Gasteiger partial charge in [-0.05, 0) is 66.7 Å². The number of fused-ring (bicyclic) bond motifs is 1. The highest BCUT2D eigenvalue weighted by Gasteiger charge is 2.26. The Morgan fingerprint density at radius 2 is 2.00 bits per heavy atom. The molecular weight excluding hydrogens is 273 g/mol. The first kappa shape index (κ1) is 13.4. The quantitative estimate of drug-likeness (QED) is 0.608. The zero-order valence-electron chi connectivity index (χ0n) is 14.2. The smallest absolute Gasteiger partial charge is 0.324 e. The van der Waals surface area contributed by atoms with Crippen LogP contribution in [-0.2, 0) is 11.2 Å². The van der Waals surface area contributed by atoms with E-state index in [-0.39, 0.29) is 6.92 Å². The number of hydrogen-bond donors (Lipinski definition) is 0. The Balaban J connectivity index is 2.01. The van der Waals surface area contributed by atoms with Crippen LogP contribution in [0, 0.1) is 27.3 Å². The molecule has 0 spiro atoms. The van der Waals surface area contributed by atoms with Crippen LogP contribution in [0.5, 0.6) is 11.5 Å². The fourth-order valence-corrected chi connectivity index (χ4v) is 2.72. The van der Waals surface area contributed by atoms with E-state index >= 15 is 0 Å². The summed E-state index contributed by atoms with van der Waals surface area (Å²) in [7, 11) is 0. The van der Waals surface area contributed by atoms with Crippen molar-refractivity contribution >= 4 is 18.1 Å². The van der Waals surface area contributed by atoms with E-state index in [9.17, 15) is 0 Å². The molecule has 0 amide bonds. The topological polar surface area (TPSA) is 22.8 Å². The summed E-state index contributed by atoms with van der Waals surface area (Å²) in [5.41, 5.74) is 5.38. The largest absolute Gasteiger partial charge is 0.457 e. The standard InChI is InChI=1S/C18H18BNO2/c1-11-9-18(12(2)8-16(11)20-5)22-17-7-6-15-14(13(17)3)10-21-19(15)4/h6-9H,10H2,1-4H3/i10D. The van der Waals surface area contributed by atoms with E-state index in [0.29, 0.717) is 5.69 Å². The third kappa shape index (κ3) is 2.38. The van der Waals surface area contributed by atoms with Crippen molar-refractivity contribution in [1.29, 1.82) is 0 Å². The molecule has 3 rings (SSSR count). The first-order valence-electron chi connectivity index (χ1n) is 7.87. The molecule has 1 heterocycles. The van der Waals surface area contributed by atoms with Crippen molar-refractivity contribution in [3.05, 3.63) is 57.9 Å². The van der Waals surface area contributed by atoms with E-state index in [1.54, 1.807) is 0 Å². The summed E-state index contributed by atoms with van der Waals surface area (Å²) in [6, 6.07) is 7.65. The van der Waals surface area contributed by atoms with Gasteiger partial charge in [-0.1, -0.05) is 12.9 Å². The molecule has 3 nitrogen and oxygen atoms in total. The summed E-state index contributed by atoms with van der Waals surface area (Å²) in [5, 5.41) is 0. The normalized spacial score (nSPS) is 17.0. The number of aryl methyl sites for hydroxylation is 2. The number of nitrogens with zero attached hydrogens (tertiary/aromatic N) is 1. The molecule has 0 aliphatic carbocycles. The first-order valence-corrected chi connectivity index (χ1v) is 7.30. The number of benzene rings is 2. The van der Waals surface area contributed by atoms with Crippen LogP contribution in [0.4, 0.5) is 5.69 Å². The van der Waals surface area contributed by atoms with Crippen LogP contribution in [0.25, 0.3) is 4.85 Å². The molecule has 4 heteroatoms. The predicted molar refractivity (Wildman–Crippen MR) is 89.5 cm³/mol. The van der Waals surface area contributed by atoms with E-state index in [1.165, 1.54) is 0 Å². The van der Waals surface area contributed by atoms with Gasteiger partial charge in [0.05, 0.1) is 14.5 Å². The van der Waals surface area contributed by atoms with Gasteiger partial charge in [0, 0.05) is 0 Å². The van der Waals surface area contributed by atoms with E-state index in [4.69, 9.17) is 17.3 Å². The van der Waals surface area contributed by atoms with Gasteiger partial charge in [-0.15, -0.1) is 0 Å². The Hall–Kier alpha value is -2.25. The molecular formula is C18H18BNO2. The Kier molecular flexibility index (Phi) is 3.36. The second kappa shape index (κ2) is 5.51. The Labute approximate surface area is 133 Å². The van der Waals surface area contributed by atoms with Gasteiger partial charge in [0.2, 0.25) is 0 Å². The molecule has 22 heavy (non-hydrogen) atoms. The van der Waals surface area contributed by atoms with Crippen LogP contribution >= 0.6 is 0 Å². The van der Waals surface area contributed by atoms with Crippen molar-refractivity contribution < 1.29 is 10.8 Å². The fraction of sp³-hybridized carbons (Fsp3) is 0.278. The van der Waals surface area contributed by atoms with Crippen LogP contribution in [0.1, 0.15) is 23.6 Å². The third-order valence-electron chi connectivity index (χ3n) is 4.16. The van der Waals surface area contributed by atoms with Crippen molar-refractivity contribution in [2.45, 2.75) is 34.2 Å². The molecule has 110 valence electrons. The Morgan fingerprint density at radius 1 is 1.23 bits per heavy atom. The number of hydrogen-bond acceptors (Lipinski definition) is 2. The van der Waals surface area contributed by atoms with Crippen LogP contribution in [0.2, 0.25) is 6.82 Å². The summed E-state index contributed by atoms with van der Waals surface area (Å²) >= 11 is 0. The second-order valence-corrected chi connectivity index (χ2v) is 5.71. The molecule has 0 fully saturated rings. The van der Waals surface area contributed by atoms with Crippen molar-refractivity contribution in [1.82, 2.24) is 0 Å². The van der Waals surface area contributed by atoms with Gasteiger partial charge >= 0.3 is 6.92 Å². The predicted octanol–water partition coefficient (Wildman–Crippen LogP) is 4.31. The maximum absolute atomic E-state index is 8.08. The molecule has 0 aromatic heterocycles. The van der Waals surface area contributed by atoms with Crippen LogP contribution < -0.4 is 10.2 Å². The Morgan fingerprint density at radius 3 is 2.73 bits per heavy atom. The van der Waals surface area contributed by atoms with E-state index in [0.717, 1.165) is 39.2 Å². The first-order chi connectivity index (χ1) is 10.9. The fourth-order valence-electron chi connectivity index (χ4n) is 2.72. The highest BCUT2D eigenvalue weighted by atomic mass is 16.5. The summed E-state index contributed by atoms with van der Waals surface area (Å²) < 4.78 is 19.7. The average molecular weight is 292 g/mol. The SMILES string of the molecule is [2H]C1OB(C)c2ccc(Oc3cc(C)c([N+]#[C-])cc3C)c(C)c21. The summed E-state index contributed by atoms with van der Waals surface area (Å²) in [4.78, 5) is 3.52. The zero-order valence-corrected chi connectivity index (χ0v) is 13.2. The highest BCUT2D eigenvalue weighted by Crippen LogP contribution is 2.34. The molecule has 2 aromatic rings. The molecule has 1 aliphatic heterocycles. The van der Waals surface area contributed by atoms with Crippen molar-refractivity contribution in [3.8, 4) is 11.5 Å². The molecule has 0 radical (unpaired) electrons. The van der Waals surface area contributed by atoms with Crippen LogP contribution in [0.3, 0.4) is 0 Å². The van der Waals surface area contributed by atoms with Gasteiger partial charge in [-0.2, -0.15) is 0 Å². The van der Waals surface area contributed by atoms with E-state index < -0.39 is 6.58 Å². The van der Waals surface area contributed by atoms with Gasteiger partial charge in [-0.3, -0.25) is 0 Å². The molecule has 0 saturated heterocycles. The maximum atomic E-state index is 8.08. The van der Waals surface area contributed by atoms with Gasteiger partial charge in [0.25, 0.3) is 0 Å². The molecule has 1 unspecified atom stereocenters. The number of rotatable bonds is 2. The lowest BCUT2D eigenvalue weighted by atomic mass is 9.64. The van der Waals surface area contributed by atoms with E-state index in [2.05, 4.69) is 4.85 Å². The van der Waals surface area contributed by atoms with Crippen LogP contribution in [-0.4, -0.2) is 6.92 Å². The van der Waals surface area contributed by atoms with E-state index in [1.807, 2.05) is 51.9 Å². The van der Waals surface area contributed by atoms with Gasteiger partial charge in [-0.25, -0.2) is 4.85 Å². The lowest BCUT2D eigenvalue weighted by Crippen LogP contribution is -2.24. The van der Waals surface area contributed by atoms with Crippen molar-refractivity contribution in [3.63, 3.8) is 0 Å². The van der Waals surface area contributed by atoms with Gasteiger partial charge in [0.15, 0.2) is 5.69 Å². The van der Waals surface area contributed by atoms with Gasteiger partial charge in [0.1, 0.15) is 11.5 Å². The highest BCUT2D eigenvalue weighted by molar-refractivity contribution is 6.67. The summed E-state index contributed by atoms with van der Waals surface area (Å²) in [5.74, 6) is 1.48. The minimum atomic E-state index is -0.657. The van der Waals surface area contributed by atoms with Crippen LogP contribution in [0.15, 0.2) is 24.3 Å². The summed E-state index contributed by atoms with van der Waals surface area (Å²) in [6.45, 7) is 14.2. The molecule has 0 saturated carbocycles. The molecule has 2 aromatic carbocycles. The lowest BCUT2D eigenvalue weighted by molar-refractivity contribution is 0.332. The van der Waals surface area contributed by atoms with Crippen molar-refractivity contribution in [2.75, 3.05) is 0 Å². The molecule has 1 aliphatic rings. The average Bonchev–Trinajstić information content (AvgIpc) is 2.80. The maximum Gasteiger partial charge on any atom is 0.324 e. The molecule has 0 N–H and O–H groups in total. The third-order valence-corrected chi connectivity index (χ3v) is 4.16. The monoisotopic (exact) mass is 292 g/mol. The minimum Gasteiger partial charge on any atom is -0.457 e.